The summed E-state index contributed by atoms with van der Waals surface area (Å²) in [5.74, 6) is 3.37. The van der Waals surface area contributed by atoms with Gasteiger partial charge in [-0.15, -0.1) is 10.2 Å². The van der Waals surface area contributed by atoms with Gasteiger partial charge >= 0.3 is 0 Å². The molecule has 0 radical (unpaired) electrons. The molecule has 1 aromatic carbocycles. The highest BCUT2D eigenvalue weighted by atomic mass is 16.5. The van der Waals surface area contributed by atoms with E-state index >= 15 is 0 Å². The van der Waals surface area contributed by atoms with E-state index in [9.17, 15) is 0 Å². The lowest BCUT2D eigenvalue weighted by Gasteiger charge is -2.07. The number of fused-ring (bicyclic) bond motifs is 1. The topological polar surface area (TPSA) is 77.3 Å². The van der Waals surface area contributed by atoms with Crippen molar-refractivity contribution in [3.63, 3.8) is 0 Å². The van der Waals surface area contributed by atoms with Gasteiger partial charge in [0.1, 0.15) is 11.5 Å². The van der Waals surface area contributed by atoms with Crippen LogP contribution in [0, 0.1) is 6.92 Å². The molecule has 0 unspecified atom stereocenters. The highest BCUT2D eigenvalue weighted by molar-refractivity contribution is 5.67. The van der Waals surface area contributed by atoms with E-state index in [1.54, 1.807) is 18.7 Å². The van der Waals surface area contributed by atoms with Gasteiger partial charge in [0, 0.05) is 0 Å². The molecule has 0 fully saturated rings. The van der Waals surface area contributed by atoms with Crippen LogP contribution in [0.15, 0.2) is 18.2 Å². The molecule has 3 rings (SSSR count). The van der Waals surface area contributed by atoms with Crippen LogP contribution in [0.1, 0.15) is 5.82 Å². The lowest BCUT2D eigenvalue weighted by atomic mass is 10.2. The molecule has 0 aliphatic rings. The molecule has 19 heavy (non-hydrogen) atoms. The van der Waals surface area contributed by atoms with Crippen LogP contribution in [0.3, 0.4) is 0 Å². The molecule has 2 heterocycles. The largest absolute Gasteiger partial charge is 0.497 e. The molecule has 0 atom stereocenters. The Bertz CT molecular complexity index is 731. The number of rotatable bonds is 3. The zero-order valence-corrected chi connectivity index (χ0v) is 10.8. The zero-order valence-electron chi connectivity index (χ0n) is 10.8. The molecule has 0 bridgehead atoms. The summed E-state index contributed by atoms with van der Waals surface area (Å²) in [6, 6.07) is 5.54. The molecular formula is C12H13N5O2. The second-order valence-electron chi connectivity index (χ2n) is 4.02. The van der Waals surface area contributed by atoms with E-state index in [0.29, 0.717) is 17.4 Å². The molecule has 3 aromatic rings. The summed E-state index contributed by atoms with van der Waals surface area (Å²) in [5, 5.41) is 11.0. The summed E-state index contributed by atoms with van der Waals surface area (Å²) < 4.78 is 12.3. The van der Waals surface area contributed by atoms with E-state index in [0.717, 1.165) is 17.1 Å². The summed E-state index contributed by atoms with van der Waals surface area (Å²) in [6.45, 7) is 1.85. The van der Waals surface area contributed by atoms with E-state index in [4.69, 9.17) is 9.47 Å². The molecular weight excluding hydrogens is 246 g/mol. The van der Waals surface area contributed by atoms with Crippen LogP contribution >= 0.6 is 0 Å². The molecule has 0 spiro atoms. The number of aromatic amines is 1. The number of nitrogens with one attached hydrogen (secondary N) is 1. The van der Waals surface area contributed by atoms with E-state index < -0.39 is 0 Å². The Balaban J connectivity index is 2.18. The van der Waals surface area contributed by atoms with E-state index in [-0.39, 0.29) is 0 Å². The average Bonchev–Trinajstić information content (AvgIpc) is 3.00. The molecule has 7 heteroatoms. The van der Waals surface area contributed by atoms with Crippen molar-refractivity contribution in [3.05, 3.63) is 24.0 Å². The monoisotopic (exact) mass is 259 g/mol. The Labute approximate surface area is 109 Å². The Hall–Kier alpha value is -2.57. The van der Waals surface area contributed by atoms with E-state index in [1.807, 2.05) is 25.1 Å². The van der Waals surface area contributed by atoms with Gasteiger partial charge in [-0.1, -0.05) is 0 Å². The van der Waals surface area contributed by atoms with Crippen molar-refractivity contribution in [1.82, 2.24) is 24.8 Å². The SMILES string of the molecule is COc1ccc(OC)c(-c2nc3nnc(C)n3[nH]2)c1. The summed E-state index contributed by atoms with van der Waals surface area (Å²) in [4.78, 5) is 4.39. The van der Waals surface area contributed by atoms with Crippen LogP contribution < -0.4 is 9.47 Å². The van der Waals surface area contributed by atoms with Crippen molar-refractivity contribution in [2.24, 2.45) is 0 Å². The number of aromatic nitrogens is 5. The quantitative estimate of drug-likeness (QED) is 0.770. The van der Waals surface area contributed by atoms with Crippen molar-refractivity contribution < 1.29 is 9.47 Å². The molecule has 2 aromatic heterocycles. The number of ether oxygens (including phenoxy) is 2. The van der Waals surface area contributed by atoms with Crippen molar-refractivity contribution in [1.29, 1.82) is 0 Å². The molecule has 98 valence electrons. The first-order valence-electron chi connectivity index (χ1n) is 5.73. The Morgan fingerprint density at radius 2 is 2.00 bits per heavy atom. The van der Waals surface area contributed by atoms with Crippen LogP contribution in [-0.2, 0) is 0 Å². The van der Waals surface area contributed by atoms with Gasteiger partial charge in [0.2, 0.25) is 0 Å². The van der Waals surface area contributed by atoms with Crippen molar-refractivity contribution in [2.75, 3.05) is 14.2 Å². The minimum absolute atomic E-state index is 0.525. The van der Waals surface area contributed by atoms with Gasteiger partial charge in [-0.25, -0.2) is 4.52 Å². The number of hydrogen-bond acceptors (Lipinski definition) is 5. The fourth-order valence-corrected chi connectivity index (χ4v) is 1.90. The molecule has 0 saturated carbocycles. The highest BCUT2D eigenvalue weighted by Gasteiger charge is 2.14. The summed E-state index contributed by atoms with van der Waals surface area (Å²) >= 11 is 0. The summed E-state index contributed by atoms with van der Waals surface area (Å²) in [7, 11) is 3.24. The minimum Gasteiger partial charge on any atom is -0.497 e. The van der Waals surface area contributed by atoms with E-state index in [2.05, 4.69) is 20.3 Å². The normalized spacial score (nSPS) is 10.9. The Morgan fingerprint density at radius 3 is 2.68 bits per heavy atom. The van der Waals surface area contributed by atoms with Crippen LogP contribution in [0.5, 0.6) is 11.5 Å². The van der Waals surface area contributed by atoms with Crippen LogP contribution in [0.2, 0.25) is 0 Å². The molecule has 0 aliphatic heterocycles. The zero-order chi connectivity index (χ0) is 13.4. The van der Waals surface area contributed by atoms with Gasteiger partial charge in [0.15, 0.2) is 11.6 Å². The smallest absolute Gasteiger partial charge is 0.272 e. The maximum Gasteiger partial charge on any atom is 0.272 e. The van der Waals surface area contributed by atoms with Crippen molar-refractivity contribution in [3.8, 4) is 22.9 Å². The third-order valence-electron chi connectivity index (χ3n) is 2.90. The summed E-state index contributed by atoms with van der Waals surface area (Å²) in [5.41, 5.74) is 0.812. The second kappa shape index (κ2) is 4.27. The van der Waals surface area contributed by atoms with Gasteiger partial charge < -0.3 is 9.47 Å². The summed E-state index contributed by atoms with van der Waals surface area (Å²) in [6.07, 6.45) is 0. The standard InChI is InChI=1S/C12H13N5O2/c1-7-14-15-12-13-11(16-17(7)12)9-6-8(18-2)4-5-10(9)19-3/h4-6H,1-3H3,(H,13,15,16). The minimum atomic E-state index is 0.525. The molecule has 0 saturated heterocycles. The predicted octanol–water partition coefficient (Wildman–Crippen LogP) is 1.45. The number of aryl methyl sites for hydroxylation is 1. The predicted molar refractivity (Wildman–Crippen MR) is 68.4 cm³/mol. The fourth-order valence-electron chi connectivity index (χ4n) is 1.90. The average molecular weight is 259 g/mol. The lowest BCUT2D eigenvalue weighted by molar-refractivity contribution is 0.404. The van der Waals surface area contributed by atoms with E-state index in [1.165, 1.54) is 0 Å². The first kappa shape index (κ1) is 11.5. The lowest BCUT2D eigenvalue weighted by Crippen LogP contribution is -1.93. The maximum absolute atomic E-state index is 5.34. The van der Waals surface area contributed by atoms with Crippen molar-refractivity contribution in [2.45, 2.75) is 6.92 Å². The molecule has 0 aliphatic carbocycles. The number of methoxy groups -OCH3 is 2. The number of nitrogens with zero attached hydrogens (tertiary/aromatic N) is 4. The van der Waals surface area contributed by atoms with Crippen LogP contribution in [0.4, 0.5) is 0 Å². The first-order chi connectivity index (χ1) is 9.22. The maximum atomic E-state index is 5.34. The Kier molecular flexibility index (Phi) is 2.59. The van der Waals surface area contributed by atoms with Crippen LogP contribution in [0.25, 0.3) is 17.2 Å². The van der Waals surface area contributed by atoms with Gasteiger partial charge in [0.25, 0.3) is 5.78 Å². The van der Waals surface area contributed by atoms with Crippen LogP contribution in [-0.4, -0.2) is 39.0 Å². The number of benzene rings is 1. The van der Waals surface area contributed by atoms with Gasteiger partial charge in [-0.05, 0) is 25.1 Å². The number of H-pyrrole nitrogens is 1. The third kappa shape index (κ3) is 1.79. The van der Waals surface area contributed by atoms with Gasteiger partial charge in [-0.2, -0.15) is 4.98 Å². The highest BCUT2D eigenvalue weighted by Crippen LogP contribution is 2.31. The van der Waals surface area contributed by atoms with Crippen molar-refractivity contribution >= 4 is 5.78 Å². The molecule has 0 amide bonds. The van der Waals surface area contributed by atoms with Gasteiger partial charge in [0.05, 0.1) is 19.8 Å². The third-order valence-corrected chi connectivity index (χ3v) is 2.90. The first-order valence-corrected chi connectivity index (χ1v) is 5.73. The van der Waals surface area contributed by atoms with Gasteiger partial charge in [-0.3, -0.25) is 5.10 Å². The molecule has 1 N–H and O–H groups in total. The second-order valence-corrected chi connectivity index (χ2v) is 4.02. The fraction of sp³-hybridized carbons (Fsp3) is 0.250. The Morgan fingerprint density at radius 1 is 1.16 bits per heavy atom. The number of hydrogen-bond donors (Lipinski definition) is 1. The molecule has 7 nitrogen and oxygen atoms in total.